The molecule has 0 aliphatic carbocycles. The highest BCUT2D eigenvalue weighted by molar-refractivity contribution is 7.16. The van der Waals surface area contributed by atoms with Crippen molar-refractivity contribution in [3.63, 3.8) is 0 Å². The highest BCUT2D eigenvalue weighted by Gasteiger charge is 2.33. The number of aryl methyl sites for hydroxylation is 1. The molecule has 1 atom stereocenters. The van der Waals surface area contributed by atoms with Crippen LogP contribution in [0.5, 0.6) is 0 Å². The molecule has 1 aromatic carbocycles. The number of piperazine rings is 1. The number of nitrogens with one attached hydrogen (secondary N) is 1. The van der Waals surface area contributed by atoms with E-state index in [4.69, 9.17) is 4.42 Å². The first-order chi connectivity index (χ1) is 15.6. The average Bonchev–Trinajstić information content (AvgIpc) is 3.40. The van der Waals surface area contributed by atoms with Crippen LogP contribution in [-0.2, 0) is 6.18 Å². The monoisotopic (exact) mass is 477 g/mol. The van der Waals surface area contributed by atoms with Gasteiger partial charge in [-0.15, -0.1) is 11.3 Å². The van der Waals surface area contributed by atoms with Crippen molar-refractivity contribution < 1.29 is 22.4 Å². The van der Waals surface area contributed by atoms with Crippen LogP contribution in [0.25, 0.3) is 0 Å². The van der Waals surface area contributed by atoms with Crippen LogP contribution in [0.1, 0.15) is 43.7 Å². The minimum Gasteiger partial charge on any atom is -0.459 e. The molecule has 1 amide bonds. The van der Waals surface area contributed by atoms with E-state index < -0.39 is 11.7 Å². The van der Waals surface area contributed by atoms with Crippen LogP contribution >= 0.6 is 11.3 Å². The number of benzene rings is 1. The van der Waals surface area contributed by atoms with Crippen LogP contribution < -0.4 is 5.32 Å². The Kier molecular flexibility index (Phi) is 6.65. The molecule has 1 N–H and O–H groups in total. The first-order valence-electron chi connectivity index (χ1n) is 10.7. The largest absolute Gasteiger partial charge is 0.459 e. The SMILES string of the molecule is Cc1sc(NC(=O)c2ccco2)c([C@@H](c2ccc(C(F)(F)F)cc2)N2CCN(C)CC2)c1C. The average molecular weight is 478 g/mol. The molecule has 3 aromatic rings. The summed E-state index contributed by atoms with van der Waals surface area (Å²) in [6.07, 6.45) is -2.95. The highest BCUT2D eigenvalue weighted by atomic mass is 32.1. The third kappa shape index (κ3) is 5.00. The van der Waals surface area contributed by atoms with Crippen molar-refractivity contribution in [2.75, 3.05) is 38.5 Å². The Morgan fingerprint density at radius 1 is 1.09 bits per heavy atom. The maximum absolute atomic E-state index is 13.2. The number of alkyl halides is 3. The van der Waals surface area contributed by atoms with Crippen molar-refractivity contribution in [3.05, 3.63) is 75.6 Å². The van der Waals surface area contributed by atoms with Gasteiger partial charge in [-0.3, -0.25) is 9.69 Å². The van der Waals surface area contributed by atoms with E-state index >= 15 is 0 Å². The number of hydrogen-bond acceptors (Lipinski definition) is 5. The van der Waals surface area contributed by atoms with Crippen LogP contribution in [0.3, 0.4) is 0 Å². The van der Waals surface area contributed by atoms with Gasteiger partial charge in [-0.05, 0) is 56.3 Å². The third-order valence-corrected chi connectivity index (χ3v) is 7.27. The number of nitrogens with zero attached hydrogens (tertiary/aromatic N) is 2. The summed E-state index contributed by atoms with van der Waals surface area (Å²) in [5.41, 5.74) is 2.04. The number of hydrogen-bond donors (Lipinski definition) is 1. The van der Waals surface area contributed by atoms with Gasteiger partial charge in [0.15, 0.2) is 5.76 Å². The second-order valence-corrected chi connectivity index (χ2v) is 9.54. The molecular weight excluding hydrogens is 451 g/mol. The smallest absolute Gasteiger partial charge is 0.416 e. The molecule has 33 heavy (non-hydrogen) atoms. The van der Waals surface area contributed by atoms with Crippen LogP contribution in [-0.4, -0.2) is 48.9 Å². The number of anilines is 1. The Balaban J connectivity index is 1.76. The van der Waals surface area contributed by atoms with E-state index in [9.17, 15) is 18.0 Å². The summed E-state index contributed by atoms with van der Waals surface area (Å²) < 4.78 is 44.8. The normalized spacial score (nSPS) is 16.7. The van der Waals surface area contributed by atoms with Crippen molar-refractivity contribution >= 4 is 22.2 Å². The lowest BCUT2D eigenvalue weighted by Gasteiger charge is -2.39. The second kappa shape index (κ2) is 9.32. The first kappa shape index (κ1) is 23.5. The standard InChI is InChI=1S/C24H26F3N3O2S/c1-15-16(2)33-23(28-22(31)19-5-4-14-32-19)20(15)21(30-12-10-29(3)11-13-30)17-6-8-18(9-7-17)24(25,26)27/h4-9,14,21H,10-13H2,1-3H3,(H,28,31)/t21-/m1/s1. The van der Waals surface area contributed by atoms with Gasteiger partial charge in [0.2, 0.25) is 0 Å². The van der Waals surface area contributed by atoms with E-state index in [1.807, 2.05) is 13.8 Å². The number of furan rings is 1. The molecule has 4 rings (SSSR count). The van der Waals surface area contributed by atoms with E-state index in [-0.39, 0.29) is 17.7 Å². The Bertz CT molecular complexity index is 1100. The van der Waals surface area contributed by atoms with Gasteiger partial charge in [0.05, 0.1) is 17.9 Å². The second-order valence-electron chi connectivity index (χ2n) is 8.32. The van der Waals surface area contributed by atoms with Gasteiger partial charge >= 0.3 is 6.18 Å². The van der Waals surface area contributed by atoms with Gasteiger partial charge in [-0.1, -0.05) is 12.1 Å². The lowest BCUT2D eigenvalue weighted by molar-refractivity contribution is -0.137. The Morgan fingerprint density at radius 2 is 1.76 bits per heavy atom. The summed E-state index contributed by atoms with van der Waals surface area (Å²) in [4.78, 5) is 18.3. The third-order valence-electron chi connectivity index (χ3n) is 6.13. The molecular formula is C24H26F3N3O2S. The predicted molar refractivity (Wildman–Crippen MR) is 123 cm³/mol. The molecule has 1 aliphatic rings. The number of halogens is 3. The van der Waals surface area contributed by atoms with Gasteiger partial charge in [0.1, 0.15) is 5.00 Å². The van der Waals surface area contributed by atoms with Gasteiger partial charge < -0.3 is 14.6 Å². The molecule has 1 fully saturated rings. The minimum absolute atomic E-state index is 0.204. The lowest BCUT2D eigenvalue weighted by Crippen LogP contribution is -2.46. The fourth-order valence-corrected chi connectivity index (χ4v) is 5.22. The number of thiophene rings is 1. The van der Waals surface area contributed by atoms with Crippen LogP contribution in [0, 0.1) is 13.8 Å². The van der Waals surface area contributed by atoms with E-state index in [1.165, 1.54) is 17.6 Å². The van der Waals surface area contributed by atoms with Gasteiger partial charge in [-0.25, -0.2) is 0 Å². The Labute approximate surface area is 194 Å². The molecule has 0 spiro atoms. The lowest BCUT2D eigenvalue weighted by atomic mass is 9.93. The molecule has 0 bridgehead atoms. The summed E-state index contributed by atoms with van der Waals surface area (Å²) in [6.45, 7) is 7.22. The van der Waals surface area contributed by atoms with Crippen molar-refractivity contribution in [2.45, 2.75) is 26.1 Å². The molecule has 0 saturated carbocycles. The van der Waals surface area contributed by atoms with Gasteiger partial charge in [0, 0.05) is 36.6 Å². The maximum atomic E-state index is 13.2. The number of rotatable bonds is 5. The molecule has 9 heteroatoms. The van der Waals surface area contributed by atoms with Crippen LogP contribution in [0.15, 0.2) is 47.1 Å². The highest BCUT2D eigenvalue weighted by Crippen LogP contribution is 2.43. The maximum Gasteiger partial charge on any atom is 0.416 e. The van der Waals surface area contributed by atoms with Crippen molar-refractivity contribution in [1.29, 1.82) is 0 Å². The summed E-state index contributed by atoms with van der Waals surface area (Å²) in [7, 11) is 2.06. The zero-order valence-electron chi connectivity index (χ0n) is 18.7. The summed E-state index contributed by atoms with van der Waals surface area (Å²) >= 11 is 1.47. The van der Waals surface area contributed by atoms with E-state index in [2.05, 4.69) is 22.2 Å². The zero-order valence-corrected chi connectivity index (χ0v) is 19.5. The molecule has 2 aromatic heterocycles. The number of likely N-dealkylation sites (N-methyl/N-ethyl adjacent to an activating group) is 1. The quantitative estimate of drug-likeness (QED) is 0.522. The Morgan fingerprint density at radius 3 is 2.33 bits per heavy atom. The fourth-order valence-electron chi connectivity index (χ4n) is 4.13. The predicted octanol–water partition coefficient (Wildman–Crippen LogP) is 5.57. The number of carbonyl (C=O) groups excluding carboxylic acids is 1. The van der Waals surface area contributed by atoms with Crippen molar-refractivity contribution in [2.24, 2.45) is 0 Å². The fraction of sp³-hybridized carbons (Fsp3) is 0.375. The summed E-state index contributed by atoms with van der Waals surface area (Å²) in [5.74, 6) is -0.151. The van der Waals surface area contributed by atoms with Crippen LogP contribution in [0.4, 0.5) is 18.2 Å². The molecule has 1 aliphatic heterocycles. The Hall–Kier alpha value is -2.62. The molecule has 176 valence electrons. The molecule has 1 saturated heterocycles. The van der Waals surface area contributed by atoms with Crippen molar-refractivity contribution in [1.82, 2.24) is 9.80 Å². The van der Waals surface area contributed by atoms with Crippen LogP contribution in [0.2, 0.25) is 0 Å². The van der Waals surface area contributed by atoms with Gasteiger partial charge in [-0.2, -0.15) is 13.2 Å². The van der Waals surface area contributed by atoms with E-state index in [1.54, 1.807) is 24.3 Å². The summed E-state index contributed by atoms with van der Waals surface area (Å²) in [5, 5.41) is 3.67. The molecule has 0 radical (unpaired) electrons. The zero-order chi connectivity index (χ0) is 23.8. The molecule has 5 nitrogen and oxygen atoms in total. The van der Waals surface area contributed by atoms with Crippen molar-refractivity contribution in [3.8, 4) is 0 Å². The van der Waals surface area contributed by atoms with E-state index in [0.717, 1.165) is 59.9 Å². The topological polar surface area (TPSA) is 48.7 Å². The minimum atomic E-state index is -4.39. The summed E-state index contributed by atoms with van der Waals surface area (Å²) in [6, 6.07) is 8.33. The first-order valence-corrected chi connectivity index (χ1v) is 11.5. The molecule has 0 unspecified atom stereocenters. The van der Waals surface area contributed by atoms with E-state index in [0.29, 0.717) is 5.00 Å². The number of amides is 1. The number of carbonyl (C=O) groups is 1. The molecule has 3 heterocycles. The van der Waals surface area contributed by atoms with Gasteiger partial charge in [0.25, 0.3) is 5.91 Å².